The minimum absolute atomic E-state index is 0.229. The standard InChI is InChI=1S/C16H14N2O3S/c1-10-9-22-16(18-10)17-8-11-6-7-14(21-11)12-4-2-3-5-13(12)15(19)20/h2-7,9H,8H2,1H3,(H,17,18)(H,19,20). The summed E-state index contributed by atoms with van der Waals surface area (Å²) in [6.07, 6.45) is 0. The van der Waals surface area contributed by atoms with Gasteiger partial charge in [0.15, 0.2) is 5.13 Å². The Bertz CT molecular complexity index is 807. The third-order valence-corrected chi connectivity index (χ3v) is 4.04. The first-order valence-corrected chi connectivity index (χ1v) is 7.59. The van der Waals surface area contributed by atoms with Crippen molar-refractivity contribution < 1.29 is 14.3 Å². The maximum Gasteiger partial charge on any atom is 0.336 e. The van der Waals surface area contributed by atoms with Crippen molar-refractivity contribution in [2.24, 2.45) is 0 Å². The lowest BCUT2D eigenvalue weighted by atomic mass is 10.1. The molecule has 3 rings (SSSR count). The number of hydrogen-bond donors (Lipinski definition) is 2. The molecule has 2 heterocycles. The Labute approximate surface area is 131 Å². The third-order valence-electron chi connectivity index (χ3n) is 3.12. The largest absolute Gasteiger partial charge is 0.478 e. The second kappa shape index (κ2) is 6.03. The Hall–Kier alpha value is -2.60. The molecule has 6 heteroatoms. The summed E-state index contributed by atoms with van der Waals surface area (Å²) in [7, 11) is 0. The molecular formula is C16H14N2O3S. The summed E-state index contributed by atoms with van der Waals surface area (Å²) < 4.78 is 5.74. The van der Waals surface area contributed by atoms with Crippen LogP contribution < -0.4 is 5.32 Å². The van der Waals surface area contributed by atoms with Crippen molar-refractivity contribution in [2.75, 3.05) is 5.32 Å². The third kappa shape index (κ3) is 3.01. The van der Waals surface area contributed by atoms with Gasteiger partial charge in [0.2, 0.25) is 0 Å². The van der Waals surface area contributed by atoms with E-state index in [1.165, 1.54) is 11.3 Å². The predicted octanol–water partition coefficient (Wildman–Crippen LogP) is 4.02. The molecule has 0 radical (unpaired) electrons. The first-order valence-electron chi connectivity index (χ1n) is 6.71. The molecule has 112 valence electrons. The topological polar surface area (TPSA) is 75.4 Å². The number of furan rings is 1. The SMILES string of the molecule is Cc1csc(NCc2ccc(-c3ccccc3C(=O)O)o2)n1. The van der Waals surface area contributed by atoms with Crippen LogP contribution in [0, 0.1) is 6.92 Å². The molecule has 0 aliphatic heterocycles. The minimum Gasteiger partial charge on any atom is -0.478 e. The number of carboxylic acids is 1. The minimum atomic E-state index is -0.968. The lowest BCUT2D eigenvalue weighted by Crippen LogP contribution is -1.99. The van der Waals surface area contributed by atoms with Gasteiger partial charge in [0, 0.05) is 10.9 Å². The maximum atomic E-state index is 11.3. The first-order chi connectivity index (χ1) is 10.6. The molecule has 22 heavy (non-hydrogen) atoms. The van der Waals surface area contributed by atoms with Crippen molar-refractivity contribution in [1.82, 2.24) is 4.98 Å². The molecule has 3 aromatic rings. The van der Waals surface area contributed by atoms with E-state index in [4.69, 9.17) is 4.42 Å². The number of nitrogens with zero attached hydrogens (tertiary/aromatic N) is 1. The van der Waals surface area contributed by atoms with Crippen molar-refractivity contribution in [3.63, 3.8) is 0 Å². The average Bonchev–Trinajstić information content (AvgIpc) is 3.14. The van der Waals surface area contributed by atoms with Crippen LogP contribution in [-0.4, -0.2) is 16.1 Å². The lowest BCUT2D eigenvalue weighted by molar-refractivity contribution is 0.0697. The summed E-state index contributed by atoms with van der Waals surface area (Å²) in [5, 5.41) is 15.2. The number of aromatic nitrogens is 1. The van der Waals surface area contributed by atoms with Crippen LogP contribution >= 0.6 is 11.3 Å². The van der Waals surface area contributed by atoms with E-state index < -0.39 is 5.97 Å². The quantitative estimate of drug-likeness (QED) is 0.744. The molecule has 1 aromatic carbocycles. The van der Waals surface area contributed by atoms with E-state index in [1.54, 1.807) is 30.3 Å². The van der Waals surface area contributed by atoms with Crippen molar-refractivity contribution in [2.45, 2.75) is 13.5 Å². The smallest absolute Gasteiger partial charge is 0.336 e. The predicted molar refractivity (Wildman–Crippen MR) is 85.3 cm³/mol. The van der Waals surface area contributed by atoms with Gasteiger partial charge in [-0.15, -0.1) is 11.3 Å². The fourth-order valence-corrected chi connectivity index (χ4v) is 2.79. The summed E-state index contributed by atoms with van der Waals surface area (Å²) in [6.45, 7) is 2.44. The Balaban J connectivity index is 1.78. The average molecular weight is 314 g/mol. The number of carboxylic acid groups (broad SMARTS) is 1. The Morgan fingerprint density at radius 3 is 2.86 bits per heavy atom. The molecule has 0 bridgehead atoms. The van der Waals surface area contributed by atoms with Gasteiger partial charge in [-0.2, -0.15) is 0 Å². The van der Waals surface area contributed by atoms with E-state index >= 15 is 0 Å². The molecule has 0 unspecified atom stereocenters. The van der Waals surface area contributed by atoms with Crippen LogP contribution in [0.25, 0.3) is 11.3 Å². The van der Waals surface area contributed by atoms with Gasteiger partial charge in [-0.25, -0.2) is 9.78 Å². The van der Waals surface area contributed by atoms with Crippen LogP contribution in [0.1, 0.15) is 21.8 Å². The van der Waals surface area contributed by atoms with Gasteiger partial charge in [0.25, 0.3) is 0 Å². The van der Waals surface area contributed by atoms with E-state index in [2.05, 4.69) is 10.3 Å². The van der Waals surface area contributed by atoms with Gasteiger partial charge in [0.1, 0.15) is 11.5 Å². The zero-order valence-corrected chi connectivity index (χ0v) is 12.7. The van der Waals surface area contributed by atoms with Crippen molar-refractivity contribution in [3.05, 3.63) is 58.8 Å². The molecular weight excluding hydrogens is 300 g/mol. The van der Waals surface area contributed by atoms with E-state index in [-0.39, 0.29) is 5.56 Å². The highest BCUT2D eigenvalue weighted by atomic mass is 32.1. The molecule has 0 spiro atoms. The van der Waals surface area contributed by atoms with E-state index in [0.717, 1.165) is 16.6 Å². The monoisotopic (exact) mass is 314 g/mol. The fraction of sp³-hybridized carbons (Fsp3) is 0.125. The second-order valence-corrected chi connectivity index (χ2v) is 5.62. The summed E-state index contributed by atoms with van der Waals surface area (Å²) in [6, 6.07) is 10.4. The molecule has 0 aliphatic carbocycles. The van der Waals surface area contributed by atoms with Crippen molar-refractivity contribution in [1.29, 1.82) is 0 Å². The van der Waals surface area contributed by atoms with Crippen molar-refractivity contribution in [3.8, 4) is 11.3 Å². The van der Waals surface area contributed by atoms with Gasteiger partial charge in [-0.05, 0) is 25.1 Å². The summed E-state index contributed by atoms with van der Waals surface area (Å²) in [5.74, 6) is 0.304. The highest BCUT2D eigenvalue weighted by Gasteiger charge is 2.14. The van der Waals surface area contributed by atoms with Crippen LogP contribution in [0.4, 0.5) is 5.13 Å². The van der Waals surface area contributed by atoms with Crippen LogP contribution in [0.15, 0.2) is 46.2 Å². The Morgan fingerprint density at radius 1 is 1.32 bits per heavy atom. The number of nitrogens with one attached hydrogen (secondary N) is 1. The molecule has 2 N–H and O–H groups in total. The molecule has 0 fully saturated rings. The van der Waals surface area contributed by atoms with Crippen LogP contribution in [0.2, 0.25) is 0 Å². The fourth-order valence-electron chi connectivity index (χ4n) is 2.10. The number of hydrogen-bond acceptors (Lipinski definition) is 5. The number of anilines is 1. The summed E-state index contributed by atoms with van der Waals surface area (Å²) in [4.78, 5) is 15.6. The number of aromatic carboxylic acids is 1. The normalized spacial score (nSPS) is 10.6. The zero-order chi connectivity index (χ0) is 15.5. The van der Waals surface area contributed by atoms with Crippen molar-refractivity contribution >= 4 is 22.4 Å². The summed E-state index contributed by atoms with van der Waals surface area (Å²) >= 11 is 1.54. The summed E-state index contributed by atoms with van der Waals surface area (Å²) in [5.41, 5.74) is 1.78. The van der Waals surface area contributed by atoms with Gasteiger partial charge < -0.3 is 14.8 Å². The van der Waals surface area contributed by atoms with Gasteiger partial charge in [-0.1, -0.05) is 18.2 Å². The zero-order valence-electron chi connectivity index (χ0n) is 11.9. The molecule has 2 aromatic heterocycles. The highest BCUT2D eigenvalue weighted by Crippen LogP contribution is 2.26. The molecule has 5 nitrogen and oxygen atoms in total. The number of aryl methyl sites for hydroxylation is 1. The number of thiazole rings is 1. The number of carbonyl (C=O) groups is 1. The maximum absolute atomic E-state index is 11.3. The van der Waals surface area contributed by atoms with Gasteiger partial charge in [0.05, 0.1) is 17.8 Å². The molecule has 0 atom stereocenters. The van der Waals surface area contributed by atoms with E-state index in [9.17, 15) is 9.90 Å². The number of benzene rings is 1. The van der Waals surface area contributed by atoms with E-state index in [0.29, 0.717) is 17.9 Å². The lowest BCUT2D eigenvalue weighted by Gasteiger charge is -2.03. The van der Waals surface area contributed by atoms with Crippen LogP contribution in [0.3, 0.4) is 0 Å². The number of rotatable bonds is 5. The molecule has 0 saturated carbocycles. The van der Waals surface area contributed by atoms with Crippen LogP contribution in [0.5, 0.6) is 0 Å². The second-order valence-electron chi connectivity index (χ2n) is 4.76. The first kappa shape index (κ1) is 14.3. The van der Waals surface area contributed by atoms with E-state index in [1.807, 2.05) is 18.4 Å². The Kier molecular flexibility index (Phi) is 3.93. The molecule has 0 amide bonds. The van der Waals surface area contributed by atoms with Gasteiger partial charge >= 0.3 is 5.97 Å². The Morgan fingerprint density at radius 2 is 2.14 bits per heavy atom. The van der Waals surface area contributed by atoms with Crippen LogP contribution in [-0.2, 0) is 6.54 Å². The highest BCUT2D eigenvalue weighted by molar-refractivity contribution is 7.13. The van der Waals surface area contributed by atoms with Gasteiger partial charge in [-0.3, -0.25) is 0 Å². The molecule has 0 saturated heterocycles. The molecule has 0 aliphatic rings.